The highest BCUT2D eigenvalue weighted by molar-refractivity contribution is 7.16. The molecule has 0 spiro atoms. The number of carbonyl (C=O) groups is 3. The fourth-order valence-corrected chi connectivity index (χ4v) is 10.8. The maximum atomic E-state index is 13.7. The van der Waals surface area contributed by atoms with Gasteiger partial charge >= 0.3 is 0 Å². The molecular weight excluding hydrogens is 504 g/mol. The average molecular weight is 555 g/mol. The summed E-state index contributed by atoms with van der Waals surface area (Å²) < 4.78 is 0. The molecule has 6 heteroatoms. The maximum absolute atomic E-state index is 13.7. The number of hydrogen-bond acceptors (Lipinski definition) is 5. The SMILES string of the molecule is CC(C)C(NC(=O)C[C@@H](C)C1CC[C@H]2C3C(=O)CC4CC(=O)CCC4(C)[C@H]3CCC12C)c1ccc(N(C)C)s1. The van der Waals surface area contributed by atoms with Gasteiger partial charge in [-0.3, -0.25) is 14.4 Å². The lowest BCUT2D eigenvalue weighted by molar-refractivity contribution is -0.159. The minimum absolute atomic E-state index is 0.0293. The molecule has 4 aliphatic carbocycles. The normalized spacial score (nSPS) is 37.6. The second kappa shape index (κ2) is 10.6. The zero-order valence-electron chi connectivity index (χ0n) is 25.2. The first kappa shape index (κ1) is 28.8. The van der Waals surface area contributed by atoms with Crippen LogP contribution in [0.5, 0.6) is 0 Å². The van der Waals surface area contributed by atoms with Crippen molar-refractivity contribution >= 4 is 33.8 Å². The van der Waals surface area contributed by atoms with Crippen molar-refractivity contribution in [3.63, 3.8) is 0 Å². The molecule has 0 aliphatic heterocycles. The highest BCUT2D eigenvalue weighted by atomic mass is 32.1. The Morgan fingerprint density at radius 3 is 2.41 bits per heavy atom. The first-order chi connectivity index (χ1) is 18.3. The zero-order valence-corrected chi connectivity index (χ0v) is 26.0. The molecule has 0 bridgehead atoms. The molecule has 5 rings (SSSR count). The summed E-state index contributed by atoms with van der Waals surface area (Å²) in [4.78, 5) is 42.6. The zero-order chi connectivity index (χ0) is 28.3. The fraction of sp³-hybridized carbons (Fsp3) is 0.788. The Morgan fingerprint density at radius 2 is 1.74 bits per heavy atom. The van der Waals surface area contributed by atoms with Crippen molar-refractivity contribution in [1.29, 1.82) is 0 Å². The molecule has 0 aromatic carbocycles. The van der Waals surface area contributed by atoms with Crippen LogP contribution in [0, 0.1) is 52.3 Å². The number of hydrogen-bond donors (Lipinski definition) is 1. The number of anilines is 1. The summed E-state index contributed by atoms with van der Waals surface area (Å²) in [6.45, 7) is 11.5. The Balaban J connectivity index is 1.27. The van der Waals surface area contributed by atoms with Gasteiger partial charge in [-0.25, -0.2) is 0 Å². The van der Waals surface area contributed by atoms with E-state index in [-0.39, 0.29) is 34.6 Å². The Morgan fingerprint density at radius 1 is 1.03 bits per heavy atom. The van der Waals surface area contributed by atoms with Crippen molar-refractivity contribution < 1.29 is 14.4 Å². The van der Waals surface area contributed by atoms with E-state index < -0.39 is 0 Å². The molecule has 216 valence electrons. The first-order valence-electron chi connectivity index (χ1n) is 15.5. The average Bonchev–Trinajstić information content (AvgIpc) is 3.48. The van der Waals surface area contributed by atoms with Gasteiger partial charge in [0.25, 0.3) is 0 Å². The number of rotatable bonds is 7. The molecule has 4 aliphatic rings. The molecule has 0 saturated heterocycles. The van der Waals surface area contributed by atoms with Gasteiger partial charge in [0.2, 0.25) is 5.91 Å². The second-order valence-electron chi connectivity index (χ2n) is 14.6. The van der Waals surface area contributed by atoms with E-state index in [4.69, 9.17) is 0 Å². The van der Waals surface area contributed by atoms with Crippen LogP contribution in [0.4, 0.5) is 5.00 Å². The maximum Gasteiger partial charge on any atom is 0.220 e. The topological polar surface area (TPSA) is 66.5 Å². The highest BCUT2D eigenvalue weighted by Gasteiger charge is 2.63. The van der Waals surface area contributed by atoms with Gasteiger partial charge in [-0.15, -0.1) is 11.3 Å². The van der Waals surface area contributed by atoms with Crippen molar-refractivity contribution in [2.24, 2.45) is 52.3 Å². The molecule has 6 unspecified atom stereocenters. The predicted octanol–water partition coefficient (Wildman–Crippen LogP) is 7.06. The lowest BCUT2D eigenvalue weighted by atomic mass is 9.44. The quantitative estimate of drug-likeness (QED) is 0.392. The van der Waals surface area contributed by atoms with Crippen LogP contribution >= 0.6 is 11.3 Å². The molecular formula is C33H50N2O3S. The van der Waals surface area contributed by atoms with Crippen molar-refractivity contribution in [1.82, 2.24) is 5.32 Å². The number of ketones is 2. The van der Waals surface area contributed by atoms with Crippen molar-refractivity contribution in [2.45, 2.75) is 98.4 Å². The third kappa shape index (κ3) is 5.02. The van der Waals surface area contributed by atoms with Gasteiger partial charge in [-0.1, -0.05) is 34.6 Å². The number of nitrogens with zero attached hydrogens (tertiary/aromatic N) is 1. The Bertz CT molecular complexity index is 1110. The molecule has 39 heavy (non-hydrogen) atoms. The van der Waals surface area contributed by atoms with Gasteiger partial charge in [0, 0.05) is 50.6 Å². The second-order valence-corrected chi connectivity index (χ2v) is 15.7. The third-order valence-electron chi connectivity index (χ3n) is 11.9. The lowest BCUT2D eigenvalue weighted by Gasteiger charge is -2.59. The lowest BCUT2D eigenvalue weighted by Crippen LogP contribution is -2.57. The molecule has 9 atom stereocenters. The molecule has 1 aromatic rings. The Kier molecular flexibility index (Phi) is 7.84. The van der Waals surface area contributed by atoms with E-state index in [0.717, 1.165) is 32.1 Å². The number of thiophene rings is 1. The van der Waals surface area contributed by atoms with Crippen molar-refractivity contribution in [3.05, 3.63) is 17.0 Å². The molecule has 1 amide bonds. The minimum atomic E-state index is 0.0293. The van der Waals surface area contributed by atoms with E-state index in [1.807, 2.05) is 0 Å². The number of carbonyl (C=O) groups excluding carboxylic acids is 3. The van der Waals surface area contributed by atoms with Gasteiger partial charge in [-0.2, -0.15) is 0 Å². The first-order valence-corrected chi connectivity index (χ1v) is 16.3. The van der Waals surface area contributed by atoms with Crippen molar-refractivity contribution in [3.8, 4) is 0 Å². The standard InChI is InChI=1S/C33H50N2O3S/c1-19(2)31(27-10-11-29(39-27)35(6)7)34-28(38)16-20(3)23-8-9-24-30-25(13-15-33(23,24)5)32(4)14-12-22(36)17-21(32)18-26(30)37/h10-11,19-21,23-25,30-31H,8-9,12-18H2,1-7H3,(H,34,38)/t20-,21?,23?,24+,25+,30?,31?,32?,33?/m1/s1. The molecule has 4 saturated carbocycles. The van der Waals surface area contributed by atoms with Gasteiger partial charge < -0.3 is 10.2 Å². The van der Waals surface area contributed by atoms with Crippen LogP contribution in [-0.4, -0.2) is 31.6 Å². The van der Waals surface area contributed by atoms with Gasteiger partial charge in [0.05, 0.1) is 11.0 Å². The van der Waals surface area contributed by atoms with Crippen LogP contribution in [0.1, 0.15) is 103 Å². The van der Waals surface area contributed by atoms with Gasteiger partial charge in [-0.05, 0) is 90.6 Å². The fourth-order valence-electron chi connectivity index (χ4n) is 9.68. The van der Waals surface area contributed by atoms with Crippen LogP contribution in [0.15, 0.2) is 12.1 Å². The predicted molar refractivity (Wildman–Crippen MR) is 159 cm³/mol. The van der Waals surface area contributed by atoms with E-state index in [1.165, 1.54) is 9.88 Å². The van der Waals surface area contributed by atoms with E-state index in [9.17, 15) is 14.4 Å². The van der Waals surface area contributed by atoms with E-state index in [2.05, 4.69) is 71.1 Å². The largest absolute Gasteiger partial charge is 0.370 e. The van der Waals surface area contributed by atoms with E-state index in [0.29, 0.717) is 66.8 Å². The van der Waals surface area contributed by atoms with E-state index in [1.54, 1.807) is 11.3 Å². The number of fused-ring (bicyclic) bond motifs is 5. The summed E-state index contributed by atoms with van der Waals surface area (Å²) >= 11 is 1.76. The monoisotopic (exact) mass is 554 g/mol. The molecule has 1 heterocycles. The smallest absolute Gasteiger partial charge is 0.220 e. The van der Waals surface area contributed by atoms with Crippen LogP contribution in [0.25, 0.3) is 0 Å². The molecule has 0 radical (unpaired) electrons. The highest BCUT2D eigenvalue weighted by Crippen LogP contribution is 2.67. The molecule has 5 nitrogen and oxygen atoms in total. The van der Waals surface area contributed by atoms with Gasteiger partial charge in [0.1, 0.15) is 11.6 Å². The minimum Gasteiger partial charge on any atom is -0.370 e. The number of amides is 1. The number of Topliss-reactive ketones (excluding diaryl/α,β-unsaturated/α-hetero) is 2. The van der Waals surface area contributed by atoms with Crippen molar-refractivity contribution in [2.75, 3.05) is 19.0 Å². The van der Waals surface area contributed by atoms with Crippen LogP contribution < -0.4 is 10.2 Å². The third-order valence-corrected chi connectivity index (χ3v) is 13.2. The Labute approximate surface area is 239 Å². The van der Waals surface area contributed by atoms with Gasteiger partial charge in [0.15, 0.2) is 0 Å². The number of nitrogens with one attached hydrogen (secondary N) is 1. The summed E-state index contributed by atoms with van der Waals surface area (Å²) in [7, 11) is 4.11. The van der Waals surface area contributed by atoms with E-state index >= 15 is 0 Å². The summed E-state index contributed by atoms with van der Waals surface area (Å²) in [5.74, 6) is 3.28. The summed E-state index contributed by atoms with van der Waals surface area (Å²) in [6.07, 6.45) is 7.90. The van der Waals surface area contributed by atoms with Crippen LogP contribution in [-0.2, 0) is 14.4 Å². The van der Waals surface area contributed by atoms with Crippen LogP contribution in [0.3, 0.4) is 0 Å². The Hall–Kier alpha value is -1.69. The molecule has 1 aromatic heterocycles. The summed E-state index contributed by atoms with van der Waals surface area (Å²) in [6, 6.07) is 4.33. The van der Waals surface area contributed by atoms with Crippen LogP contribution in [0.2, 0.25) is 0 Å². The molecule has 4 fully saturated rings. The summed E-state index contributed by atoms with van der Waals surface area (Å²) in [5, 5.41) is 4.59. The summed E-state index contributed by atoms with van der Waals surface area (Å²) in [5.41, 5.74) is 0.257. The molecule has 1 N–H and O–H groups in total.